The fraction of sp³-hybridized carbons (Fsp3) is 0.278. The maximum absolute atomic E-state index is 11.6. The van der Waals surface area contributed by atoms with Crippen molar-refractivity contribution < 1.29 is 4.79 Å². The van der Waals surface area contributed by atoms with Gasteiger partial charge in [0.05, 0.1) is 0 Å². The third kappa shape index (κ3) is 2.44. The van der Waals surface area contributed by atoms with E-state index in [4.69, 9.17) is 11.6 Å². The molecule has 0 fully saturated rings. The van der Waals surface area contributed by atoms with Gasteiger partial charge in [-0.05, 0) is 49.7 Å². The van der Waals surface area contributed by atoms with E-state index in [1.807, 2.05) is 24.3 Å². The van der Waals surface area contributed by atoms with Crippen molar-refractivity contribution in [1.29, 1.82) is 0 Å². The molecule has 0 atom stereocenters. The quantitative estimate of drug-likeness (QED) is 0.587. The molecule has 0 saturated carbocycles. The second-order valence-electron chi connectivity index (χ2n) is 5.45. The van der Waals surface area contributed by atoms with Gasteiger partial charge >= 0.3 is 0 Å². The van der Waals surface area contributed by atoms with Crippen LogP contribution in [0.5, 0.6) is 0 Å². The van der Waals surface area contributed by atoms with Crippen LogP contribution in [0.25, 0.3) is 21.8 Å². The largest absolute Gasteiger partial charge is 0.340 e. The average molecular weight is 300 g/mol. The Morgan fingerprint density at radius 2 is 1.76 bits per heavy atom. The highest BCUT2D eigenvalue weighted by molar-refractivity contribution is 6.32. The molecule has 2 aromatic carbocycles. The first-order valence-electron chi connectivity index (χ1n) is 7.34. The number of hydrogen-bond acceptors (Lipinski definition) is 1. The van der Waals surface area contributed by atoms with Crippen molar-refractivity contribution in [2.75, 3.05) is 0 Å². The van der Waals surface area contributed by atoms with Gasteiger partial charge in [-0.25, -0.2) is 0 Å². The van der Waals surface area contributed by atoms with Crippen molar-refractivity contribution in [2.45, 2.75) is 33.2 Å². The van der Waals surface area contributed by atoms with Gasteiger partial charge in [0.2, 0.25) is 0 Å². The molecule has 0 aliphatic rings. The molecule has 21 heavy (non-hydrogen) atoms. The standard InChI is InChI=1S/C18H18ClNO/c1-3-4-9-20-17-7-5-13(12(2)21)10-15(17)16-11-14(19)6-8-18(16)20/h5-8,10-11H,3-4,9H2,1-2H3. The molecule has 3 heteroatoms. The number of carbonyl (C=O) groups excluding carboxylic acids is 1. The lowest BCUT2D eigenvalue weighted by atomic mass is 10.1. The van der Waals surface area contributed by atoms with E-state index in [9.17, 15) is 4.79 Å². The van der Waals surface area contributed by atoms with Gasteiger partial charge in [-0.1, -0.05) is 24.9 Å². The van der Waals surface area contributed by atoms with Crippen LogP contribution in [0.2, 0.25) is 5.02 Å². The summed E-state index contributed by atoms with van der Waals surface area (Å²) in [4.78, 5) is 11.6. The molecular formula is C18H18ClNO. The molecule has 1 aromatic heterocycles. The summed E-state index contributed by atoms with van der Waals surface area (Å²) < 4.78 is 2.33. The summed E-state index contributed by atoms with van der Waals surface area (Å²) in [6, 6.07) is 11.9. The highest BCUT2D eigenvalue weighted by Crippen LogP contribution is 2.32. The number of hydrogen-bond donors (Lipinski definition) is 0. The Labute approximate surface area is 129 Å². The van der Waals surface area contributed by atoms with Crippen molar-refractivity contribution in [1.82, 2.24) is 4.57 Å². The SMILES string of the molecule is CCCCn1c2ccc(Cl)cc2c2cc(C(C)=O)ccc21. The number of Topliss-reactive ketones (excluding diaryl/α,β-unsaturated/α-hetero) is 1. The summed E-state index contributed by atoms with van der Waals surface area (Å²) >= 11 is 6.16. The Hall–Kier alpha value is -1.80. The lowest BCUT2D eigenvalue weighted by Gasteiger charge is -2.06. The first kappa shape index (κ1) is 14.2. The number of rotatable bonds is 4. The normalized spacial score (nSPS) is 11.4. The van der Waals surface area contributed by atoms with Gasteiger partial charge in [0.1, 0.15) is 0 Å². The molecule has 0 unspecified atom stereocenters. The molecule has 0 bridgehead atoms. The lowest BCUT2D eigenvalue weighted by molar-refractivity contribution is 0.101. The average Bonchev–Trinajstić information content (AvgIpc) is 2.77. The Morgan fingerprint density at radius 1 is 1.10 bits per heavy atom. The predicted octanol–water partition coefficient (Wildman–Crippen LogP) is 5.45. The van der Waals surface area contributed by atoms with Crippen LogP contribution in [0.3, 0.4) is 0 Å². The van der Waals surface area contributed by atoms with E-state index in [1.54, 1.807) is 6.92 Å². The van der Waals surface area contributed by atoms with Crippen LogP contribution in [0.15, 0.2) is 36.4 Å². The monoisotopic (exact) mass is 299 g/mol. The molecular weight excluding hydrogens is 282 g/mol. The van der Waals surface area contributed by atoms with Crippen molar-refractivity contribution in [2.24, 2.45) is 0 Å². The minimum absolute atomic E-state index is 0.0911. The van der Waals surface area contributed by atoms with E-state index in [1.165, 1.54) is 11.0 Å². The molecule has 0 amide bonds. The Morgan fingerprint density at radius 3 is 2.43 bits per heavy atom. The fourth-order valence-corrected chi connectivity index (χ4v) is 3.02. The van der Waals surface area contributed by atoms with E-state index < -0.39 is 0 Å². The molecule has 108 valence electrons. The Balaban J connectivity index is 2.34. The topological polar surface area (TPSA) is 22.0 Å². The molecule has 0 aliphatic carbocycles. The van der Waals surface area contributed by atoms with Crippen molar-refractivity contribution in [3.8, 4) is 0 Å². The number of benzene rings is 2. The number of aromatic nitrogens is 1. The molecule has 0 spiro atoms. The van der Waals surface area contributed by atoms with Crippen molar-refractivity contribution >= 4 is 39.2 Å². The number of fused-ring (bicyclic) bond motifs is 3. The number of nitrogens with zero attached hydrogens (tertiary/aromatic N) is 1. The van der Waals surface area contributed by atoms with Gasteiger partial charge in [0.25, 0.3) is 0 Å². The van der Waals surface area contributed by atoms with E-state index in [-0.39, 0.29) is 5.78 Å². The molecule has 1 heterocycles. The van der Waals surface area contributed by atoms with Gasteiger partial charge < -0.3 is 4.57 Å². The summed E-state index contributed by atoms with van der Waals surface area (Å²) in [5.74, 6) is 0.0911. The lowest BCUT2D eigenvalue weighted by Crippen LogP contribution is -1.97. The summed E-state index contributed by atoms with van der Waals surface area (Å²) in [7, 11) is 0. The maximum Gasteiger partial charge on any atom is 0.159 e. The highest BCUT2D eigenvalue weighted by Gasteiger charge is 2.12. The van der Waals surface area contributed by atoms with Crippen LogP contribution in [0, 0.1) is 0 Å². The second kappa shape index (κ2) is 5.53. The minimum Gasteiger partial charge on any atom is -0.340 e. The van der Waals surface area contributed by atoms with Gasteiger partial charge in [0.15, 0.2) is 5.78 Å². The molecule has 3 aromatic rings. The predicted molar refractivity (Wildman–Crippen MR) is 89.4 cm³/mol. The molecule has 0 saturated heterocycles. The highest BCUT2D eigenvalue weighted by atomic mass is 35.5. The molecule has 0 aliphatic heterocycles. The molecule has 2 nitrogen and oxygen atoms in total. The fourth-order valence-electron chi connectivity index (χ4n) is 2.85. The number of ketones is 1. The maximum atomic E-state index is 11.6. The second-order valence-corrected chi connectivity index (χ2v) is 5.89. The Kier molecular flexibility index (Phi) is 3.73. The minimum atomic E-state index is 0.0911. The van der Waals surface area contributed by atoms with Crippen LogP contribution in [0.4, 0.5) is 0 Å². The zero-order valence-electron chi connectivity index (χ0n) is 12.3. The summed E-state index contributed by atoms with van der Waals surface area (Å²) in [5.41, 5.74) is 3.10. The van der Waals surface area contributed by atoms with Crippen LogP contribution in [0.1, 0.15) is 37.0 Å². The first-order chi connectivity index (χ1) is 10.1. The third-order valence-electron chi connectivity index (χ3n) is 3.97. The molecule has 3 rings (SSSR count). The van der Waals surface area contributed by atoms with Gasteiger partial charge in [-0.15, -0.1) is 0 Å². The summed E-state index contributed by atoms with van der Waals surface area (Å²) in [6.07, 6.45) is 2.29. The number of aryl methyl sites for hydroxylation is 1. The van der Waals surface area contributed by atoms with E-state index in [2.05, 4.69) is 23.6 Å². The number of unbranched alkanes of at least 4 members (excludes halogenated alkanes) is 1. The Bertz CT molecular complexity index is 832. The van der Waals surface area contributed by atoms with Crippen LogP contribution in [-0.2, 0) is 6.54 Å². The van der Waals surface area contributed by atoms with Crippen molar-refractivity contribution in [3.63, 3.8) is 0 Å². The van der Waals surface area contributed by atoms with Gasteiger partial charge in [-0.2, -0.15) is 0 Å². The molecule has 0 N–H and O–H groups in total. The van der Waals surface area contributed by atoms with Crippen LogP contribution >= 0.6 is 11.6 Å². The molecule has 0 radical (unpaired) electrons. The zero-order valence-corrected chi connectivity index (χ0v) is 13.1. The first-order valence-corrected chi connectivity index (χ1v) is 7.72. The number of halogens is 1. The van der Waals surface area contributed by atoms with Crippen LogP contribution in [-0.4, -0.2) is 10.4 Å². The van der Waals surface area contributed by atoms with Gasteiger partial charge in [0, 0.05) is 38.9 Å². The van der Waals surface area contributed by atoms with Gasteiger partial charge in [-0.3, -0.25) is 4.79 Å². The van der Waals surface area contributed by atoms with E-state index >= 15 is 0 Å². The smallest absolute Gasteiger partial charge is 0.159 e. The summed E-state index contributed by atoms with van der Waals surface area (Å²) in [6.45, 7) is 4.78. The van der Waals surface area contributed by atoms with E-state index in [0.29, 0.717) is 0 Å². The van der Waals surface area contributed by atoms with E-state index in [0.717, 1.165) is 40.7 Å². The zero-order chi connectivity index (χ0) is 15.0. The number of carbonyl (C=O) groups is 1. The third-order valence-corrected chi connectivity index (χ3v) is 4.20. The summed E-state index contributed by atoms with van der Waals surface area (Å²) in [5, 5.41) is 2.96. The van der Waals surface area contributed by atoms with Crippen LogP contribution < -0.4 is 0 Å². The van der Waals surface area contributed by atoms with Crippen molar-refractivity contribution in [3.05, 3.63) is 47.0 Å².